The van der Waals surface area contributed by atoms with Crippen molar-refractivity contribution in [2.75, 3.05) is 6.54 Å². The van der Waals surface area contributed by atoms with Crippen LogP contribution in [0.1, 0.15) is 31.0 Å². The second kappa shape index (κ2) is 5.55. The largest absolute Gasteiger partial charge is 0.384 e. The molecule has 0 radical (unpaired) electrons. The third-order valence-corrected chi connectivity index (χ3v) is 3.38. The van der Waals surface area contributed by atoms with E-state index in [1.165, 1.54) is 5.56 Å². The first-order chi connectivity index (χ1) is 8.99. The molecule has 4 nitrogen and oxygen atoms in total. The van der Waals surface area contributed by atoms with Crippen molar-refractivity contribution >= 4 is 0 Å². The Morgan fingerprint density at radius 2 is 2.05 bits per heavy atom. The number of aryl methyl sites for hydroxylation is 1. The summed E-state index contributed by atoms with van der Waals surface area (Å²) in [5.74, 6) is 0. The van der Waals surface area contributed by atoms with Crippen molar-refractivity contribution in [1.82, 2.24) is 15.1 Å². The molecule has 1 aromatic carbocycles. The van der Waals surface area contributed by atoms with Gasteiger partial charge in [-0.05, 0) is 19.4 Å². The molecule has 2 unspecified atom stereocenters. The van der Waals surface area contributed by atoms with Crippen molar-refractivity contribution in [3.05, 3.63) is 53.9 Å². The quantitative estimate of drug-likeness (QED) is 0.863. The van der Waals surface area contributed by atoms with E-state index in [-0.39, 0.29) is 6.04 Å². The number of hydrogen-bond acceptors (Lipinski definition) is 3. The smallest absolute Gasteiger partial charge is 0.102 e. The van der Waals surface area contributed by atoms with E-state index in [9.17, 15) is 5.11 Å². The second-order valence-corrected chi connectivity index (χ2v) is 5.19. The molecule has 0 fully saturated rings. The van der Waals surface area contributed by atoms with Crippen LogP contribution in [-0.2, 0) is 12.6 Å². The topological polar surface area (TPSA) is 50.1 Å². The lowest BCUT2D eigenvalue weighted by atomic mass is 9.98. The Morgan fingerprint density at radius 1 is 1.37 bits per heavy atom. The van der Waals surface area contributed by atoms with Gasteiger partial charge in [0.15, 0.2) is 0 Å². The van der Waals surface area contributed by atoms with Gasteiger partial charge in [-0.15, -0.1) is 0 Å². The molecule has 0 spiro atoms. The molecule has 0 aliphatic carbocycles. The lowest BCUT2D eigenvalue weighted by Gasteiger charge is -2.25. The number of hydrogen-bond donors (Lipinski definition) is 2. The maximum Gasteiger partial charge on any atom is 0.102 e. The maximum absolute atomic E-state index is 10.5. The maximum atomic E-state index is 10.5. The average Bonchev–Trinajstić information content (AvgIpc) is 2.85. The zero-order valence-corrected chi connectivity index (χ0v) is 11.7. The minimum Gasteiger partial charge on any atom is -0.384 e. The van der Waals surface area contributed by atoms with Crippen molar-refractivity contribution in [1.29, 1.82) is 0 Å². The summed E-state index contributed by atoms with van der Waals surface area (Å²) in [4.78, 5) is 0. The average molecular weight is 259 g/mol. The zero-order chi connectivity index (χ0) is 13.9. The van der Waals surface area contributed by atoms with Crippen LogP contribution >= 0.6 is 0 Å². The van der Waals surface area contributed by atoms with Gasteiger partial charge in [0.2, 0.25) is 0 Å². The van der Waals surface area contributed by atoms with Crippen molar-refractivity contribution in [2.24, 2.45) is 7.05 Å². The molecule has 0 aliphatic rings. The monoisotopic (exact) mass is 259 g/mol. The third kappa shape index (κ3) is 3.43. The Kier molecular flexibility index (Phi) is 4.02. The number of benzene rings is 1. The summed E-state index contributed by atoms with van der Waals surface area (Å²) < 4.78 is 1.70. The fourth-order valence-corrected chi connectivity index (χ4v) is 2.01. The van der Waals surface area contributed by atoms with E-state index in [2.05, 4.69) is 29.5 Å². The van der Waals surface area contributed by atoms with E-state index in [0.29, 0.717) is 6.54 Å². The Morgan fingerprint density at radius 3 is 2.63 bits per heavy atom. The zero-order valence-electron chi connectivity index (χ0n) is 11.7. The summed E-state index contributed by atoms with van der Waals surface area (Å²) >= 11 is 0. The number of nitrogens with one attached hydrogen (secondary N) is 1. The van der Waals surface area contributed by atoms with Gasteiger partial charge in [0.05, 0.1) is 6.20 Å². The molecular weight excluding hydrogens is 238 g/mol. The predicted octanol–water partition coefficient (Wildman–Crippen LogP) is 1.98. The van der Waals surface area contributed by atoms with Gasteiger partial charge in [-0.2, -0.15) is 5.10 Å². The normalized spacial score (nSPS) is 16.0. The van der Waals surface area contributed by atoms with Crippen molar-refractivity contribution in [3.63, 3.8) is 0 Å². The first kappa shape index (κ1) is 13.8. The van der Waals surface area contributed by atoms with Crippen molar-refractivity contribution in [2.45, 2.75) is 25.5 Å². The number of nitrogens with zero attached hydrogens (tertiary/aromatic N) is 2. The summed E-state index contributed by atoms with van der Waals surface area (Å²) in [5, 5.41) is 17.9. The van der Waals surface area contributed by atoms with Crippen molar-refractivity contribution < 1.29 is 5.11 Å². The van der Waals surface area contributed by atoms with Crippen LogP contribution in [0.4, 0.5) is 0 Å². The Labute approximate surface area is 114 Å². The number of aliphatic hydroxyl groups is 1. The van der Waals surface area contributed by atoms with E-state index >= 15 is 0 Å². The van der Waals surface area contributed by atoms with Gasteiger partial charge in [0.25, 0.3) is 0 Å². The SMILES string of the molecule is CC(NCC(C)(O)c1cnn(C)c1)c1ccccc1. The summed E-state index contributed by atoms with van der Waals surface area (Å²) in [6.45, 7) is 4.37. The fraction of sp³-hybridized carbons (Fsp3) is 0.400. The van der Waals surface area contributed by atoms with Gasteiger partial charge in [-0.25, -0.2) is 0 Å². The van der Waals surface area contributed by atoms with E-state index in [1.54, 1.807) is 17.8 Å². The molecule has 0 bridgehead atoms. The van der Waals surface area contributed by atoms with Gasteiger partial charge < -0.3 is 10.4 Å². The van der Waals surface area contributed by atoms with E-state index < -0.39 is 5.60 Å². The molecular formula is C15H21N3O. The van der Waals surface area contributed by atoms with Crippen molar-refractivity contribution in [3.8, 4) is 0 Å². The highest BCUT2D eigenvalue weighted by Crippen LogP contribution is 2.20. The summed E-state index contributed by atoms with van der Waals surface area (Å²) in [6, 6.07) is 10.4. The highest BCUT2D eigenvalue weighted by molar-refractivity contribution is 5.19. The van der Waals surface area contributed by atoms with Crippen LogP contribution in [-0.4, -0.2) is 21.4 Å². The van der Waals surface area contributed by atoms with Gasteiger partial charge in [-0.1, -0.05) is 30.3 Å². The minimum absolute atomic E-state index is 0.198. The lowest BCUT2D eigenvalue weighted by molar-refractivity contribution is 0.0543. The Hall–Kier alpha value is -1.65. The number of rotatable bonds is 5. The molecule has 2 atom stereocenters. The molecule has 102 valence electrons. The first-order valence-corrected chi connectivity index (χ1v) is 6.49. The highest BCUT2D eigenvalue weighted by atomic mass is 16.3. The lowest BCUT2D eigenvalue weighted by Crippen LogP contribution is -2.36. The molecule has 0 saturated carbocycles. The Bertz CT molecular complexity index is 519. The predicted molar refractivity (Wildman–Crippen MR) is 75.6 cm³/mol. The van der Waals surface area contributed by atoms with E-state index in [4.69, 9.17) is 0 Å². The van der Waals surface area contributed by atoms with Crippen LogP contribution in [0.2, 0.25) is 0 Å². The van der Waals surface area contributed by atoms with Crippen LogP contribution in [0.5, 0.6) is 0 Å². The van der Waals surface area contributed by atoms with Gasteiger partial charge in [0, 0.05) is 31.4 Å². The molecule has 1 heterocycles. The van der Waals surface area contributed by atoms with Gasteiger partial charge >= 0.3 is 0 Å². The summed E-state index contributed by atoms with van der Waals surface area (Å²) in [6.07, 6.45) is 3.55. The third-order valence-electron chi connectivity index (χ3n) is 3.38. The summed E-state index contributed by atoms with van der Waals surface area (Å²) in [7, 11) is 1.85. The highest BCUT2D eigenvalue weighted by Gasteiger charge is 2.25. The van der Waals surface area contributed by atoms with Gasteiger partial charge in [-0.3, -0.25) is 4.68 Å². The molecule has 2 rings (SSSR count). The summed E-state index contributed by atoms with van der Waals surface area (Å²) in [5.41, 5.74) is 1.12. The van der Waals surface area contributed by atoms with Crippen LogP contribution in [0.15, 0.2) is 42.7 Å². The molecule has 0 saturated heterocycles. The standard InChI is InChI=1S/C15H21N3O/c1-12(13-7-5-4-6-8-13)16-11-15(2,19)14-9-17-18(3)10-14/h4-10,12,16,19H,11H2,1-3H3. The minimum atomic E-state index is -0.919. The molecule has 4 heteroatoms. The molecule has 0 aliphatic heterocycles. The first-order valence-electron chi connectivity index (χ1n) is 6.49. The molecule has 2 N–H and O–H groups in total. The molecule has 2 aromatic rings. The van der Waals surface area contributed by atoms with Crippen LogP contribution < -0.4 is 5.32 Å². The van der Waals surface area contributed by atoms with E-state index in [0.717, 1.165) is 5.56 Å². The molecule has 1 aromatic heterocycles. The van der Waals surface area contributed by atoms with E-state index in [1.807, 2.05) is 31.4 Å². The number of aromatic nitrogens is 2. The Balaban J connectivity index is 1.98. The molecule has 19 heavy (non-hydrogen) atoms. The van der Waals surface area contributed by atoms with Crippen LogP contribution in [0.3, 0.4) is 0 Å². The second-order valence-electron chi connectivity index (χ2n) is 5.19. The van der Waals surface area contributed by atoms with Crippen LogP contribution in [0.25, 0.3) is 0 Å². The van der Waals surface area contributed by atoms with Crippen LogP contribution in [0, 0.1) is 0 Å². The molecule has 0 amide bonds. The van der Waals surface area contributed by atoms with Gasteiger partial charge in [0.1, 0.15) is 5.60 Å². The fourth-order valence-electron chi connectivity index (χ4n) is 2.01.